The molecule has 0 aliphatic carbocycles. The molecular formula is C22H25N3O4. The highest BCUT2D eigenvalue weighted by atomic mass is 16.5. The van der Waals surface area contributed by atoms with Gasteiger partial charge in [-0.25, -0.2) is 4.98 Å². The number of carbonyl (C=O) groups is 1. The zero-order valence-corrected chi connectivity index (χ0v) is 16.7. The molecule has 1 aromatic heterocycles. The summed E-state index contributed by atoms with van der Waals surface area (Å²) in [6.07, 6.45) is 3.07. The van der Waals surface area contributed by atoms with E-state index in [1.807, 2.05) is 36.4 Å². The Labute approximate surface area is 169 Å². The first-order valence-electron chi connectivity index (χ1n) is 9.78. The van der Waals surface area contributed by atoms with Gasteiger partial charge >= 0.3 is 0 Å². The molecule has 1 atom stereocenters. The van der Waals surface area contributed by atoms with Crippen LogP contribution in [0.2, 0.25) is 0 Å². The number of fused-ring (bicyclic) bond motifs is 1. The van der Waals surface area contributed by atoms with Gasteiger partial charge < -0.3 is 24.5 Å². The van der Waals surface area contributed by atoms with Crippen LogP contribution in [0.15, 0.2) is 36.4 Å². The number of rotatable bonds is 7. The zero-order valence-electron chi connectivity index (χ0n) is 16.7. The van der Waals surface area contributed by atoms with Crippen molar-refractivity contribution in [1.29, 1.82) is 0 Å². The fraction of sp³-hybridized carbons (Fsp3) is 0.364. The molecule has 29 heavy (non-hydrogen) atoms. The predicted molar refractivity (Wildman–Crippen MR) is 111 cm³/mol. The number of imidazole rings is 1. The summed E-state index contributed by atoms with van der Waals surface area (Å²) in [4.78, 5) is 20.3. The number of nitrogens with one attached hydrogen (secondary N) is 2. The first kappa shape index (κ1) is 19.3. The lowest BCUT2D eigenvalue weighted by molar-refractivity contribution is -0.116. The van der Waals surface area contributed by atoms with Crippen molar-refractivity contribution < 1.29 is 19.0 Å². The van der Waals surface area contributed by atoms with E-state index in [1.54, 1.807) is 14.2 Å². The monoisotopic (exact) mass is 395 g/mol. The van der Waals surface area contributed by atoms with Gasteiger partial charge in [0, 0.05) is 18.7 Å². The van der Waals surface area contributed by atoms with E-state index in [1.165, 1.54) is 0 Å². The number of carbonyl (C=O) groups excluding carboxylic acids is 1. The van der Waals surface area contributed by atoms with E-state index >= 15 is 0 Å². The van der Waals surface area contributed by atoms with Gasteiger partial charge in [-0.1, -0.05) is 6.07 Å². The Morgan fingerprint density at radius 3 is 2.83 bits per heavy atom. The zero-order chi connectivity index (χ0) is 20.2. The van der Waals surface area contributed by atoms with E-state index in [4.69, 9.17) is 14.2 Å². The number of amides is 1. The molecule has 152 valence electrons. The number of methoxy groups -OCH3 is 2. The van der Waals surface area contributed by atoms with Crippen molar-refractivity contribution in [2.75, 3.05) is 26.1 Å². The Kier molecular flexibility index (Phi) is 5.67. The smallest absolute Gasteiger partial charge is 0.224 e. The minimum atomic E-state index is -0.0435. The third kappa shape index (κ3) is 4.35. The molecule has 0 saturated carbocycles. The molecule has 4 rings (SSSR count). The van der Waals surface area contributed by atoms with Crippen molar-refractivity contribution in [2.24, 2.45) is 0 Å². The van der Waals surface area contributed by atoms with E-state index < -0.39 is 0 Å². The maximum absolute atomic E-state index is 12.4. The van der Waals surface area contributed by atoms with Gasteiger partial charge in [-0.05, 0) is 55.2 Å². The highest BCUT2D eigenvalue weighted by Gasteiger charge is 2.21. The Hall–Kier alpha value is -3.06. The summed E-state index contributed by atoms with van der Waals surface area (Å²) in [5.74, 6) is 2.15. The predicted octanol–water partition coefficient (Wildman–Crippen LogP) is 4.00. The molecule has 0 bridgehead atoms. The van der Waals surface area contributed by atoms with Crippen molar-refractivity contribution in [3.8, 4) is 11.5 Å². The molecular weight excluding hydrogens is 370 g/mol. The van der Waals surface area contributed by atoms with Crippen molar-refractivity contribution in [3.63, 3.8) is 0 Å². The van der Waals surface area contributed by atoms with Crippen LogP contribution < -0.4 is 14.8 Å². The molecule has 2 N–H and O–H groups in total. The molecule has 0 spiro atoms. The quantitative estimate of drug-likeness (QED) is 0.631. The number of anilines is 1. The number of aromatic nitrogens is 2. The van der Waals surface area contributed by atoms with Crippen molar-refractivity contribution >= 4 is 22.6 Å². The average Bonchev–Trinajstić information content (AvgIpc) is 3.41. The maximum atomic E-state index is 12.4. The first-order chi connectivity index (χ1) is 14.2. The third-order valence-corrected chi connectivity index (χ3v) is 5.11. The second kappa shape index (κ2) is 8.53. The van der Waals surface area contributed by atoms with Crippen LogP contribution in [0.1, 0.15) is 36.8 Å². The Balaban J connectivity index is 1.38. The highest BCUT2D eigenvalue weighted by molar-refractivity contribution is 5.93. The second-order valence-electron chi connectivity index (χ2n) is 7.09. The van der Waals surface area contributed by atoms with Crippen LogP contribution in [0.3, 0.4) is 0 Å². The molecule has 1 fully saturated rings. The number of benzene rings is 2. The van der Waals surface area contributed by atoms with Gasteiger partial charge in [0.2, 0.25) is 5.91 Å². The van der Waals surface area contributed by atoms with Gasteiger partial charge in [0.25, 0.3) is 0 Å². The molecule has 1 unspecified atom stereocenters. The van der Waals surface area contributed by atoms with Crippen molar-refractivity contribution in [1.82, 2.24) is 9.97 Å². The molecule has 2 aromatic carbocycles. The molecule has 7 heteroatoms. The van der Waals surface area contributed by atoms with E-state index in [0.29, 0.717) is 24.3 Å². The summed E-state index contributed by atoms with van der Waals surface area (Å²) in [5.41, 5.74) is 3.53. The highest BCUT2D eigenvalue weighted by Crippen LogP contribution is 2.29. The van der Waals surface area contributed by atoms with Gasteiger partial charge in [0.1, 0.15) is 11.9 Å². The van der Waals surface area contributed by atoms with Gasteiger partial charge in [-0.3, -0.25) is 4.79 Å². The van der Waals surface area contributed by atoms with Crippen LogP contribution in [0.5, 0.6) is 11.5 Å². The number of hydrogen-bond acceptors (Lipinski definition) is 5. The van der Waals surface area contributed by atoms with E-state index in [-0.39, 0.29) is 12.0 Å². The van der Waals surface area contributed by atoms with Crippen LogP contribution in [-0.4, -0.2) is 36.7 Å². The van der Waals surface area contributed by atoms with Crippen molar-refractivity contribution in [2.45, 2.75) is 31.8 Å². The number of aromatic amines is 1. The second-order valence-corrected chi connectivity index (χ2v) is 7.09. The molecule has 0 radical (unpaired) electrons. The number of ether oxygens (including phenoxy) is 3. The largest absolute Gasteiger partial charge is 0.493 e. The number of H-pyrrole nitrogens is 1. The van der Waals surface area contributed by atoms with Crippen LogP contribution in [0, 0.1) is 0 Å². The molecule has 3 aromatic rings. The van der Waals surface area contributed by atoms with Crippen LogP contribution >= 0.6 is 0 Å². The summed E-state index contributed by atoms with van der Waals surface area (Å²) < 4.78 is 16.2. The summed E-state index contributed by atoms with van der Waals surface area (Å²) in [5, 5.41) is 2.96. The number of hydrogen-bond donors (Lipinski definition) is 2. The standard InChI is InChI=1S/C22H25N3O4/c1-27-18-9-5-14(12-20(18)28-2)6-10-21(26)23-15-7-8-16-17(13-15)25-22(24-16)19-4-3-11-29-19/h5,7-9,12-13,19H,3-4,6,10-11H2,1-2H3,(H,23,26)(H,24,25). The number of nitrogens with zero attached hydrogens (tertiary/aromatic N) is 1. The SMILES string of the molecule is COc1ccc(CCC(=O)Nc2ccc3nc(C4CCCO4)[nH]c3c2)cc1OC. The fourth-order valence-electron chi connectivity index (χ4n) is 3.57. The topological polar surface area (TPSA) is 85.5 Å². The van der Waals surface area contributed by atoms with Gasteiger partial charge in [0.15, 0.2) is 11.5 Å². The van der Waals surface area contributed by atoms with Crippen LogP contribution in [0.25, 0.3) is 11.0 Å². The van der Waals surface area contributed by atoms with E-state index in [2.05, 4.69) is 15.3 Å². The fourth-order valence-corrected chi connectivity index (χ4v) is 3.57. The van der Waals surface area contributed by atoms with Crippen LogP contribution in [-0.2, 0) is 16.0 Å². The molecule has 7 nitrogen and oxygen atoms in total. The molecule has 2 heterocycles. The normalized spacial score (nSPS) is 16.1. The first-order valence-corrected chi connectivity index (χ1v) is 9.78. The molecule has 1 aliphatic rings. The summed E-state index contributed by atoms with van der Waals surface area (Å²) >= 11 is 0. The molecule has 1 aliphatic heterocycles. The Morgan fingerprint density at radius 2 is 2.07 bits per heavy atom. The third-order valence-electron chi connectivity index (χ3n) is 5.11. The van der Waals surface area contributed by atoms with Crippen molar-refractivity contribution in [3.05, 3.63) is 47.8 Å². The molecule has 1 saturated heterocycles. The van der Waals surface area contributed by atoms with E-state index in [9.17, 15) is 4.79 Å². The number of aryl methyl sites for hydroxylation is 1. The Morgan fingerprint density at radius 1 is 1.21 bits per heavy atom. The average molecular weight is 395 g/mol. The van der Waals surface area contributed by atoms with Gasteiger partial charge in [-0.2, -0.15) is 0 Å². The maximum Gasteiger partial charge on any atom is 0.224 e. The summed E-state index contributed by atoms with van der Waals surface area (Å²) in [6.45, 7) is 0.781. The minimum absolute atomic E-state index is 0.0435. The van der Waals surface area contributed by atoms with Crippen LogP contribution in [0.4, 0.5) is 5.69 Å². The van der Waals surface area contributed by atoms with Gasteiger partial charge in [0.05, 0.1) is 25.3 Å². The van der Waals surface area contributed by atoms with Gasteiger partial charge in [-0.15, -0.1) is 0 Å². The minimum Gasteiger partial charge on any atom is -0.493 e. The summed E-state index contributed by atoms with van der Waals surface area (Å²) in [6, 6.07) is 11.4. The lowest BCUT2D eigenvalue weighted by Crippen LogP contribution is -2.12. The summed E-state index contributed by atoms with van der Waals surface area (Å²) in [7, 11) is 3.20. The lowest BCUT2D eigenvalue weighted by Gasteiger charge is -2.10. The Bertz CT molecular complexity index is 1010. The molecule has 1 amide bonds. The lowest BCUT2D eigenvalue weighted by atomic mass is 10.1. The van der Waals surface area contributed by atoms with E-state index in [0.717, 1.165) is 47.6 Å².